The fraction of sp³-hybridized carbons (Fsp3) is 0.333. The number of methoxy groups -OCH3 is 1. The topological polar surface area (TPSA) is 12.5 Å². The third-order valence-corrected chi connectivity index (χ3v) is 6.19. The van der Waals surface area contributed by atoms with Gasteiger partial charge in [0, 0.05) is 7.11 Å². The van der Waals surface area contributed by atoms with E-state index in [-0.39, 0.29) is 18.5 Å². The van der Waals surface area contributed by atoms with Crippen molar-refractivity contribution in [1.82, 2.24) is 4.90 Å². The van der Waals surface area contributed by atoms with Gasteiger partial charge >= 0.3 is 0 Å². The monoisotopic (exact) mass is 421 g/mol. The molecule has 3 aromatic carbocycles. The predicted molar refractivity (Wildman–Crippen MR) is 129 cm³/mol. The molecule has 0 fully saturated rings. The van der Waals surface area contributed by atoms with Crippen molar-refractivity contribution in [2.75, 3.05) is 27.7 Å². The van der Waals surface area contributed by atoms with Crippen LogP contribution in [0.4, 0.5) is 0 Å². The van der Waals surface area contributed by atoms with Crippen molar-refractivity contribution in [2.24, 2.45) is 5.92 Å². The summed E-state index contributed by atoms with van der Waals surface area (Å²) in [5.74, 6) is 0.603. The summed E-state index contributed by atoms with van der Waals surface area (Å²) < 4.78 is 5.95. The summed E-state index contributed by atoms with van der Waals surface area (Å²) in [7, 11) is 6.15. The molecular weight excluding hydrogens is 390 g/mol. The van der Waals surface area contributed by atoms with Gasteiger partial charge in [-0.3, -0.25) is 0 Å². The van der Waals surface area contributed by atoms with Gasteiger partial charge in [-0.1, -0.05) is 72.8 Å². The van der Waals surface area contributed by atoms with Crippen molar-refractivity contribution < 1.29 is 4.74 Å². The van der Waals surface area contributed by atoms with E-state index in [1.54, 1.807) is 0 Å². The lowest BCUT2D eigenvalue weighted by Crippen LogP contribution is -2.26. The van der Waals surface area contributed by atoms with Gasteiger partial charge in [0.15, 0.2) is 0 Å². The summed E-state index contributed by atoms with van der Waals surface area (Å²) in [6, 6.07) is 26.4. The first-order valence-electron chi connectivity index (χ1n) is 10.6. The Kier molecular flexibility index (Phi) is 7.71. The van der Waals surface area contributed by atoms with E-state index in [1.165, 1.54) is 46.2 Å². The van der Waals surface area contributed by atoms with Gasteiger partial charge in [-0.25, -0.2) is 0 Å². The van der Waals surface area contributed by atoms with Gasteiger partial charge in [-0.15, -0.1) is 12.4 Å². The number of nitrogens with zero attached hydrogens (tertiary/aromatic N) is 1. The minimum atomic E-state index is 0. The average molecular weight is 422 g/mol. The van der Waals surface area contributed by atoms with E-state index in [4.69, 9.17) is 4.74 Å². The van der Waals surface area contributed by atoms with Gasteiger partial charge in [0.1, 0.15) is 0 Å². The van der Waals surface area contributed by atoms with Crippen LogP contribution in [0.15, 0.2) is 72.8 Å². The number of ether oxygens (including phenoxy) is 1. The van der Waals surface area contributed by atoms with E-state index in [1.807, 2.05) is 7.11 Å². The van der Waals surface area contributed by atoms with Gasteiger partial charge in [-0.05, 0) is 79.2 Å². The second-order valence-electron chi connectivity index (χ2n) is 8.40. The van der Waals surface area contributed by atoms with E-state index in [2.05, 4.69) is 91.8 Å². The smallest absolute Gasteiger partial charge is 0.0852 e. The van der Waals surface area contributed by atoms with Gasteiger partial charge < -0.3 is 9.64 Å². The number of aryl methyl sites for hydroxylation is 1. The van der Waals surface area contributed by atoms with E-state index >= 15 is 0 Å². The zero-order chi connectivity index (χ0) is 20.2. The Labute approximate surface area is 187 Å². The number of benzene rings is 3. The molecule has 0 amide bonds. The zero-order valence-corrected chi connectivity index (χ0v) is 19.0. The molecule has 1 unspecified atom stereocenters. The summed E-state index contributed by atoms with van der Waals surface area (Å²) in [6.45, 7) is 1.12. The SMILES string of the molecule is CO[C@H]1c2ccc(-c3ccc(-c4ccccc4)cc3)cc2CCC1CCN(C)C.Cl. The van der Waals surface area contributed by atoms with E-state index in [0.717, 1.165) is 13.0 Å². The minimum Gasteiger partial charge on any atom is -0.376 e. The first kappa shape index (κ1) is 22.6. The second-order valence-corrected chi connectivity index (χ2v) is 8.40. The highest BCUT2D eigenvalue weighted by Crippen LogP contribution is 2.40. The largest absolute Gasteiger partial charge is 0.376 e. The molecule has 0 saturated carbocycles. The van der Waals surface area contributed by atoms with Crippen LogP contribution in [0.1, 0.15) is 30.1 Å². The van der Waals surface area contributed by atoms with Crippen LogP contribution in [0.3, 0.4) is 0 Å². The number of rotatable bonds is 6. The molecule has 3 aromatic rings. The molecule has 0 heterocycles. The summed E-state index contributed by atoms with van der Waals surface area (Å²) in [6.07, 6.45) is 3.75. The number of fused-ring (bicyclic) bond motifs is 1. The molecule has 2 nitrogen and oxygen atoms in total. The Bertz CT molecular complexity index is 937. The Morgan fingerprint density at radius 3 is 2.07 bits per heavy atom. The Hall–Kier alpha value is -2.13. The van der Waals surface area contributed by atoms with Crippen LogP contribution in [0.2, 0.25) is 0 Å². The molecule has 0 saturated heterocycles. The maximum Gasteiger partial charge on any atom is 0.0852 e. The minimum absolute atomic E-state index is 0. The molecule has 158 valence electrons. The summed E-state index contributed by atoms with van der Waals surface area (Å²) in [5.41, 5.74) is 7.92. The van der Waals surface area contributed by atoms with Crippen LogP contribution in [0.25, 0.3) is 22.3 Å². The highest BCUT2D eigenvalue weighted by Gasteiger charge is 2.29. The Balaban J connectivity index is 0.00000256. The maximum atomic E-state index is 5.95. The summed E-state index contributed by atoms with van der Waals surface area (Å²) >= 11 is 0. The van der Waals surface area contributed by atoms with Crippen LogP contribution in [-0.4, -0.2) is 32.6 Å². The summed E-state index contributed by atoms with van der Waals surface area (Å²) in [4.78, 5) is 2.27. The number of halogens is 1. The average Bonchev–Trinajstić information content (AvgIpc) is 2.77. The molecule has 2 atom stereocenters. The molecular formula is C27H32ClNO. The van der Waals surface area contributed by atoms with Crippen molar-refractivity contribution in [3.05, 3.63) is 83.9 Å². The zero-order valence-electron chi connectivity index (χ0n) is 18.2. The Morgan fingerprint density at radius 1 is 0.833 bits per heavy atom. The Morgan fingerprint density at radius 2 is 1.43 bits per heavy atom. The van der Waals surface area contributed by atoms with Crippen LogP contribution in [0.5, 0.6) is 0 Å². The standard InChI is InChI=1S/C27H31NO.ClH/c1-28(2)18-17-23-13-14-25-19-24(15-16-26(25)27(23)29-3)22-11-9-21(10-12-22)20-7-5-4-6-8-20;/h4-12,15-16,19,23,27H,13-14,17-18H2,1-3H3;1H/t23?,27-;/m1./s1. The number of hydrogen-bond donors (Lipinski definition) is 0. The lowest BCUT2D eigenvalue weighted by atomic mass is 9.78. The van der Waals surface area contributed by atoms with Crippen LogP contribution < -0.4 is 0 Å². The van der Waals surface area contributed by atoms with Gasteiger partial charge in [0.25, 0.3) is 0 Å². The van der Waals surface area contributed by atoms with Crippen LogP contribution in [-0.2, 0) is 11.2 Å². The third kappa shape index (κ3) is 4.95. The maximum absolute atomic E-state index is 5.95. The molecule has 3 heteroatoms. The third-order valence-electron chi connectivity index (χ3n) is 6.19. The van der Waals surface area contributed by atoms with E-state index < -0.39 is 0 Å². The van der Waals surface area contributed by atoms with Gasteiger partial charge in [-0.2, -0.15) is 0 Å². The highest BCUT2D eigenvalue weighted by molar-refractivity contribution is 5.85. The lowest BCUT2D eigenvalue weighted by molar-refractivity contribution is 0.0343. The number of hydrogen-bond acceptors (Lipinski definition) is 2. The highest BCUT2D eigenvalue weighted by atomic mass is 35.5. The molecule has 1 aliphatic carbocycles. The predicted octanol–water partition coefficient (Wildman–Crippen LogP) is 6.64. The summed E-state index contributed by atoms with van der Waals surface area (Å²) in [5, 5.41) is 0. The van der Waals surface area contributed by atoms with Crippen molar-refractivity contribution >= 4 is 12.4 Å². The molecule has 4 rings (SSSR count). The molecule has 0 N–H and O–H groups in total. The van der Waals surface area contributed by atoms with E-state index in [9.17, 15) is 0 Å². The molecule has 0 aliphatic heterocycles. The van der Waals surface area contributed by atoms with Crippen molar-refractivity contribution in [2.45, 2.75) is 25.4 Å². The first-order chi connectivity index (χ1) is 14.2. The molecule has 0 radical (unpaired) electrons. The van der Waals surface area contributed by atoms with Gasteiger partial charge in [0.2, 0.25) is 0 Å². The van der Waals surface area contributed by atoms with Crippen molar-refractivity contribution in [1.29, 1.82) is 0 Å². The first-order valence-corrected chi connectivity index (χ1v) is 10.6. The molecule has 1 aliphatic rings. The fourth-order valence-corrected chi connectivity index (χ4v) is 4.55. The van der Waals surface area contributed by atoms with Crippen molar-refractivity contribution in [3.8, 4) is 22.3 Å². The lowest BCUT2D eigenvalue weighted by Gasteiger charge is -2.33. The fourth-order valence-electron chi connectivity index (χ4n) is 4.55. The quantitative estimate of drug-likeness (QED) is 0.442. The van der Waals surface area contributed by atoms with Crippen LogP contribution in [0, 0.1) is 5.92 Å². The molecule has 0 spiro atoms. The van der Waals surface area contributed by atoms with E-state index in [0.29, 0.717) is 5.92 Å². The van der Waals surface area contributed by atoms with Gasteiger partial charge in [0.05, 0.1) is 6.10 Å². The normalized spacial score (nSPS) is 18.0. The molecule has 0 bridgehead atoms. The second kappa shape index (κ2) is 10.3. The van der Waals surface area contributed by atoms with Crippen molar-refractivity contribution in [3.63, 3.8) is 0 Å². The molecule has 0 aromatic heterocycles. The van der Waals surface area contributed by atoms with Crippen LogP contribution >= 0.6 is 12.4 Å². The molecule has 30 heavy (non-hydrogen) atoms.